The topological polar surface area (TPSA) is 40.5 Å². The van der Waals surface area contributed by atoms with Crippen LogP contribution in [0, 0.1) is 18.8 Å². The van der Waals surface area contributed by atoms with Gasteiger partial charge in [-0.1, -0.05) is 31.6 Å². The number of carbonyl (C=O) groups excluding carboxylic acids is 1. The third-order valence-corrected chi connectivity index (χ3v) is 3.24. The summed E-state index contributed by atoms with van der Waals surface area (Å²) in [6.45, 7) is 4.96. The van der Waals surface area contributed by atoms with E-state index in [2.05, 4.69) is 18.8 Å². The number of carbonyl (C=O) groups is 1. The first-order valence-corrected chi connectivity index (χ1v) is 7.55. The van der Waals surface area contributed by atoms with Gasteiger partial charge in [-0.15, -0.1) is 0 Å². The number of unbranched alkanes of at least 4 members (excludes halogenated alkanes) is 2. The predicted octanol–water partition coefficient (Wildman–Crippen LogP) is 2.99. The SMILES string of the molecule is CCCCCN(C)C(=O)c1cc(C)cc(C#CCCO)c1. The predicted molar refractivity (Wildman–Crippen MR) is 86.2 cm³/mol. The van der Waals surface area contributed by atoms with Crippen LogP contribution < -0.4 is 0 Å². The van der Waals surface area contributed by atoms with Crippen molar-refractivity contribution in [1.82, 2.24) is 4.90 Å². The number of aliphatic hydroxyl groups excluding tert-OH is 1. The van der Waals surface area contributed by atoms with Crippen LogP contribution in [-0.4, -0.2) is 36.1 Å². The van der Waals surface area contributed by atoms with Crippen LogP contribution in [0.4, 0.5) is 0 Å². The molecule has 1 rings (SSSR count). The smallest absolute Gasteiger partial charge is 0.253 e. The van der Waals surface area contributed by atoms with Gasteiger partial charge in [0.15, 0.2) is 0 Å². The lowest BCUT2D eigenvalue weighted by atomic mass is 10.1. The molecule has 1 aromatic carbocycles. The van der Waals surface area contributed by atoms with Gasteiger partial charge in [0.1, 0.15) is 0 Å². The number of nitrogens with zero attached hydrogens (tertiary/aromatic N) is 1. The third kappa shape index (κ3) is 6.01. The second kappa shape index (κ2) is 9.20. The Morgan fingerprint density at radius 1 is 1.29 bits per heavy atom. The fourth-order valence-electron chi connectivity index (χ4n) is 2.12. The Hall–Kier alpha value is -1.79. The second-order valence-corrected chi connectivity index (χ2v) is 5.30. The summed E-state index contributed by atoms with van der Waals surface area (Å²) in [5, 5.41) is 8.75. The summed E-state index contributed by atoms with van der Waals surface area (Å²) in [4.78, 5) is 14.2. The molecule has 0 atom stereocenters. The minimum absolute atomic E-state index is 0.0417. The maximum absolute atomic E-state index is 12.4. The van der Waals surface area contributed by atoms with E-state index < -0.39 is 0 Å². The fraction of sp³-hybridized carbons (Fsp3) is 0.500. The fourth-order valence-corrected chi connectivity index (χ4v) is 2.12. The van der Waals surface area contributed by atoms with Gasteiger partial charge in [0.25, 0.3) is 5.91 Å². The highest BCUT2D eigenvalue weighted by Gasteiger charge is 2.12. The monoisotopic (exact) mass is 287 g/mol. The van der Waals surface area contributed by atoms with Gasteiger partial charge in [0.2, 0.25) is 0 Å². The highest BCUT2D eigenvalue weighted by Crippen LogP contribution is 2.12. The quantitative estimate of drug-likeness (QED) is 0.645. The molecular formula is C18H25NO2. The molecule has 1 N–H and O–H groups in total. The minimum Gasteiger partial charge on any atom is -0.395 e. The number of amides is 1. The van der Waals surface area contributed by atoms with Crippen LogP contribution in [0.15, 0.2) is 18.2 Å². The first-order valence-electron chi connectivity index (χ1n) is 7.55. The molecule has 0 aliphatic heterocycles. The van der Waals surface area contributed by atoms with Crippen molar-refractivity contribution in [2.24, 2.45) is 0 Å². The van der Waals surface area contributed by atoms with Crippen LogP contribution in [0.5, 0.6) is 0 Å². The summed E-state index contributed by atoms with van der Waals surface area (Å²) in [5.41, 5.74) is 2.53. The van der Waals surface area contributed by atoms with E-state index in [9.17, 15) is 4.79 Å². The third-order valence-electron chi connectivity index (χ3n) is 3.24. The molecule has 0 saturated heterocycles. The molecule has 0 radical (unpaired) electrons. The molecule has 0 aromatic heterocycles. The average Bonchev–Trinajstić information content (AvgIpc) is 2.46. The zero-order valence-electron chi connectivity index (χ0n) is 13.3. The van der Waals surface area contributed by atoms with Crippen LogP contribution in [0.1, 0.15) is 54.1 Å². The van der Waals surface area contributed by atoms with Crippen LogP contribution in [0.25, 0.3) is 0 Å². The van der Waals surface area contributed by atoms with Gasteiger partial charge in [-0.3, -0.25) is 4.79 Å². The van der Waals surface area contributed by atoms with Crippen molar-refractivity contribution in [2.45, 2.75) is 39.5 Å². The molecule has 0 aliphatic rings. The van der Waals surface area contributed by atoms with Gasteiger partial charge >= 0.3 is 0 Å². The molecule has 3 heteroatoms. The van der Waals surface area contributed by atoms with Crippen molar-refractivity contribution in [3.63, 3.8) is 0 Å². The van der Waals surface area contributed by atoms with Crippen LogP contribution in [0.2, 0.25) is 0 Å². The highest BCUT2D eigenvalue weighted by atomic mass is 16.2. The Bertz CT molecular complexity index is 526. The molecule has 1 amide bonds. The summed E-state index contributed by atoms with van der Waals surface area (Å²) in [5.74, 6) is 5.92. The first-order chi connectivity index (χ1) is 10.1. The number of hydrogen-bond donors (Lipinski definition) is 1. The number of rotatable bonds is 6. The number of hydrogen-bond acceptors (Lipinski definition) is 2. The van der Waals surface area contributed by atoms with Crippen molar-refractivity contribution in [3.05, 3.63) is 34.9 Å². The summed E-state index contributed by atoms with van der Waals surface area (Å²) in [7, 11) is 1.84. The Morgan fingerprint density at radius 2 is 2.05 bits per heavy atom. The number of benzene rings is 1. The Labute approximate surface area is 128 Å². The van der Waals surface area contributed by atoms with Gasteiger partial charge in [0, 0.05) is 31.1 Å². The standard InChI is InChI=1S/C18H25NO2/c1-4-5-7-10-19(3)18(21)17-13-15(2)12-16(14-17)9-6-8-11-20/h12-14,20H,4-5,7-8,10-11H2,1-3H3. The van der Waals surface area contributed by atoms with E-state index in [1.807, 2.05) is 32.2 Å². The van der Waals surface area contributed by atoms with E-state index in [1.165, 1.54) is 0 Å². The van der Waals surface area contributed by atoms with E-state index in [0.717, 1.165) is 36.9 Å². The number of aryl methyl sites for hydroxylation is 1. The van der Waals surface area contributed by atoms with Crippen molar-refractivity contribution in [1.29, 1.82) is 0 Å². The first kappa shape index (κ1) is 17.3. The normalized spacial score (nSPS) is 9.90. The lowest BCUT2D eigenvalue weighted by Crippen LogP contribution is -2.27. The van der Waals surface area contributed by atoms with Gasteiger partial charge < -0.3 is 10.0 Å². The Balaban J connectivity index is 2.82. The zero-order valence-corrected chi connectivity index (χ0v) is 13.3. The Morgan fingerprint density at radius 3 is 2.71 bits per heavy atom. The van der Waals surface area contributed by atoms with Gasteiger partial charge in [0.05, 0.1) is 6.61 Å². The Kier molecular flexibility index (Phi) is 7.56. The maximum Gasteiger partial charge on any atom is 0.253 e. The van der Waals surface area contributed by atoms with Crippen LogP contribution in [0.3, 0.4) is 0 Å². The van der Waals surface area contributed by atoms with Gasteiger partial charge in [-0.05, 0) is 37.1 Å². The molecule has 21 heavy (non-hydrogen) atoms. The second-order valence-electron chi connectivity index (χ2n) is 5.30. The van der Waals surface area contributed by atoms with Crippen LogP contribution >= 0.6 is 0 Å². The molecule has 0 heterocycles. The van der Waals surface area contributed by atoms with E-state index >= 15 is 0 Å². The molecule has 0 unspecified atom stereocenters. The van der Waals surface area contributed by atoms with Crippen molar-refractivity contribution in [3.8, 4) is 11.8 Å². The highest BCUT2D eigenvalue weighted by molar-refractivity contribution is 5.94. The van der Waals surface area contributed by atoms with E-state index in [0.29, 0.717) is 12.0 Å². The van der Waals surface area contributed by atoms with E-state index in [4.69, 9.17) is 5.11 Å². The molecule has 1 aromatic rings. The van der Waals surface area contributed by atoms with E-state index in [1.54, 1.807) is 4.90 Å². The van der Waals surface area contributed by atoms with Crippen molar-refractivity contribution < 1.29 is 9.90 Å². The van der Waals surface area contributed by atoms with Gasteiger partial charge in [-0.2, -0.15) is 0 Å². The molecule has 114 valence electrons. The zero-order chi connectivity index (χ0) is 15.7. The molecule has 0 spiro atoms. The van der Waals surface area contributed by atoms with Gasteiger partial charge in [-0.25, -0.2) is 0 Å². The lowest BCUT2D eigenvalue weighted by molar-refractivity contribution is 0.0792. The largest absolute Gasteiger partial charge is 0.395 e. The molecule has 0 aliphatic carbocycles. The average molecular weight is 287 g/mol. The molecular weight excluding hydrogens is 262 g/mol. The van der Waals surface area contributed by atoms with Crippen molar-refractivity contribution >= 4 is 5.91 Å². The summed E-state index contributed by atoms with van der Waals surface area (Å²) < 4.78 is 0. The maximum atomic E-state index is 12.4. The molecule has 0 saturated carbocycles. The summed E-state index contributed by atoms with van der Waals surface area (Å²) in [6.07, 6.45) is 3.78. The molecule has 0 bridgehead atoms. The minimum atomic E-state index is 0.0417. The lowest BCUT2D eigenvalue weighted by Gasteiger charge is -2.17. The van der Waals surface area contributed by atoms with E-state index in [-0.39, 0.29) is 12.5 Å². The van der Waals surface area contributed by atoms with Crippen molar-refractivity contribution in [2.75, 3.05) is 20.2 Å². The molecule has 0 fully saturated rings. The summed E-state index contributed by atoms with van der Waals surface area (Å²) in [6, 6.07) is 5.68. The number of aliphatic hydroxyl groups is 1. The molecule has 3 nitrogen and oxygen atoms in total. The summed E-state index contributed by atoms with van der Waals surface area (Å²) >= 11 is 0. The van der Waals surface area contributed by atoms with Crippen LogP contribution in [-0.2, 0) is 0 Å².